The van der Waals surface area contributed by atoms with E-state index in [0.29, 0.717) is 11.0 Å². The van der Waals surface area contributed by atoms with Gasteiger partial charge in [0.25, 0.3) is 5.91 Å². The molecular weight excluding hydrogens is 286 g/mol. The Bertz CT molecular complexity index is 456. The summed E-state index contributed by atoms with van der Waals surface area (Å²) < 4.78 is 0. The van der Waals surface area contributed by atoms with Crippen LogP contribution < -0.4 is 5.32 Å². The maximum absolute atomic E-state index is 12.5. The van der Waals surface area contributed by atoms with Crippen molar-refractivity contribution in [1.29, 1.82) is 0 Å². The van der Waals surface area contributed by atoms with Gasteiger partial charge in [-0.25, -0.2) is 0 Å². The predicted molar refractivity (Wildman–Crippen MR) is 85.9 cm³/mol. The molecule has 7 heteroatoms. The van der Waals surface area contributed by atoms with Crippen LogP contribution >= 0.6 is 11.3 Å². The third kappa shape index (κ3) is 4.14. The van der Waals surface area contributed by atoms with Crippen molar-refractivity contribution in [2.75, 3.05) is 38.5 Å². The van der Waals surface area contributed by atoms with Crippen molar-refractivity contribution in [1.82, 2.24) is 20.0 Å². The summed E-state index contributed by atoms with van der Waals surface area (Å²) in [6, 6.07) is 0.316. The van der Waals surface area contributed by atoms with Crippen molar-refractivity contribution in [2.45, 2.75) is 39.2 Å². The summed E-state index contributed by atoms with van der Waals surface area (Å²) in [5.41, 5.74) is 0. The Balaban J connectivity index is 1.91. The summed E-state index contributed by atoms with van der Waals surface area (Å²) in [6.07, 6.45) is 3.10. The Morgan fingerprint density at radius 1 is 1.38 bits per heavy atom. The van der Waals surface area contributed by atoms with Crippen LogP contribution in [0.2, 0.25) is 0 Å². The molecule has 1 aromatic heterocycles. The van der Waals surface area contributed by atoms with Crippen LogP contribution in [0.1, 0.15) is 42.9 Å². The lowest BCUT2D eigenvalue weighted by molar-refractivity contribution is 0.0645. The number of anilines is 1. The molecule has 1 fully saturated rings. The van der Waals surface area contributed by atoms with E-state index in [0.717, 1.165) is 50.6 Å². The van der Waals surface area contributed by atoms with Gasteiger partial charge in [0.05, 0.1) is 0 Å². The van der Waals surface area contributed by atoms with Crippen molar-refractivity contribution >= 4 is 22.4 Å². The highest BCUT2D eigenvalue weighted by molar-refractivity contribution is 7.17. The zero-order valence-corrected chi connectivity index (χ0v) is 13.9. The molecule has 1 aliphatic rings. The number of nitrogens with zero attached hydrogens (tertiary/aromatic N) is 4. The summed E-state index contributed by atoms with van der Waals surface area (Å²) in [7, 11) is 1.88. The average Bonchev–Trinajstić information content (AvgIpc) is 3.00. The lowest BCUT2D eigenvalue weighted by atomic mass is 10.0. The van der Waals surface area contributed by atoms with Crippen LogP contribution in [0.25, 0.3) is 0 Å². The summed E-state index contributed by atoms with van der Waals surface area (Å²) in [6.45, 7) is 8.36. The van der Waals surface area contributed by atoms with E-state index >= 15 is 0 Å². The molecule has 21 heavy (non-hydrogen) atoms. The minimum Gasteiger partial charge on any atom is -0.360 e. The van der Waals surface area contributed by atoms with Crippen molar-refractivity contribution < 1.29 is 4.79 Å². The monoisotopic (exact) mass is 311 g/mol. The fourth-order valence-corrected chi connectivity index (χ4v) is 3.30. The maximum Gasteiger partial charge on any atom is 0.284 e. The van der Waals surface area contributed by atoms with Crippen LogP contribution in [-0.2, 0) is 0 Å². The molecule has 0 atom stereocenters. The molecule has 0 bridgehead atoms. The fraction of sp³-hybridized carbons (Fsp3) is 0.786. The molecule has 6 nitrogen and oxygen atoms in total. The summed E-state index contributed by atoms with van der Waals surface area (Å²) in [5, 5.41) is 12.4. The number of aromatic nitrogens is 2. The second kappa shape index (κ2) is 7.70. The van der Waals surface area contributed by atoms with Crippen molar-refractivity contribution in [2.24, 2.45) is 0 Å². The van der Waals surface area contributed by atoms with E-state index < -0.39 is 0 Å². The minimum atomic E-state index is -0.00741. The quantitative estimate of drug-likeness (QED) is 0.869. The Labute approximate surface area is 130 Å². The number of carbonyl (C=O) groups excluding carboxylic acids is 1. The molecule has 0 aromatic carbocycles. The molecule has 0 saturated carbocycles. The van der Waals surface area contributed by atoms with Gasteiger partial charge >= 0.3 is 0 Å². The number of nitrogens with one attached hydrogen (secondary N) is 1. The molecule has 2 heterocycles. The summed E-state index contributed by atoms with van der Waals surface area (Å²) in [5.74, 6) is -0.00741. The number of hydrogen-bond acceptors (Lipinski definition) is 6. The largest absolute Gasteiger partial charge is 0.360 e. The first-order valence-corrected chi connectivity index (χ1v) is 8.54. The first kappa shape index (κ1) is 16.2. The Morgan fingerprint density at radius 3 is 2.71 bits per heavy atom. The van der Waals surface area contributed by atoms with E-state index in [1.807, 2.05) is 11.9 Å². The Hall–Kier alpha value is -1.21. The smallest absolute Gasteiger partial charge is 0.284 e. The number of likely N-dealkylation sites (tertiary alicyclic amines) is 1. The molecule has 0 aliphatic carbocycles. The maximum atomic E-state index is 12.5. The molecule has 0 radical (unpaired) electrons. The first-order valence-electron chi connectivity index (χ1n) is 7.72. The third-order valence-corrected chi connectivity index (χ3v) is 4.88. The zero-order valence-electron chi connectivity index (χ0n) is 13.1. The second-order valence-electron chi connectivity index (χ2n) is 5.42. The van der Waals surface area contributed by atoms with Crippen molar-refractivity contribution in [3.05, 3.63) is 5.01 Å². The highest BCUT2D eigenvalue weighted by atomic mass is 32.1. The molecule has 118 valence electrons. The van der Waals surface area contributed by atoms with Gasteiger partial charge < -0.3 is 15.1 Å². The Morgan fingerprint density at radius 2 is 2.10 bits per heavy atom. The van der Waals surface area contributed by atoms with Crippen molar-refractivity contribution in [3.8, 4) is 0 Å². The second-order valence-corrected chi connectivity index (χ2v) is 6.40. The van der Waals surface area contributed by atoms with Gasteiger partial charge in [-0.3, -0.25) is 4.79 Å². The third-order valence-electron chi connectivity index (χ3n) is 4.01. The number of amides is 1. The van der Waals surface area contributed by atoms with E-state index in [9.17, 15) is 4.79 Å². The van der Waals surface area contributed by atoms with Gasteiger partial charge in [0.15, 0.2) is 0 Å². The Kier molecular flexibility index (Phi) is 5.93. The van der Waals surface area contributed by atoms with Crippen molar-refractivity contribution in [3.63, 3.8) is 0 Å². The highest BCUT2D eigenvalue weighted by Crippen LogP contribution is 2.21. The predicted octanol–water partition coefficient (Wildman–Crippen LogP) is 1.92. The summed E-state index contributed by atoms with van der Waals surface area (Å²) in [4.78, 5) is 16.7. The summed E-state index contributed by atoms with van der Waals surface area (Å²) >= 11 is 1.34. The highest BCUT2D eigenvalue weighted by Gasteiger charge is 2.27. The zero-order chi connectivity index (χ0) is 15.2. The van der Waals surface area contributed by atoms with Gasteiger partial charge in [-0.1, -0.05) is 25.2 Å². The SMILES string of the molecule is CCCNc1nnc(C(=O)N(C)C2CCN(CC)CC2)s1. The topological polar surface area (TPSA) is 61.4 Å². The standard InChI is InChI=1S/C14H25N5OS/c1-4-8-15-14-17-16-12(21-14)13(20)18(3)11-6-9-19(5-2)10-7-11/h11H,4-10H2,1-3H3,(H,15,17). The molecule has 1 aliphatic heterocycles. The van der Waals surface area contributed by atoms with E-state index in [2.05, 4.69) is 34.3 Å². The van der Waals surface area contributed by atoms with Crippen LogP contribution in [0, 0.1) is 0 Å². The number of piperidine rings is 1. The molecule has 0 spiro atoms. The normalized spacial score (nSPS) is 16.9. The molecule has 1 saturated heterocycles. The van der Waals surface area contributed by atoms with E-state index in [4.69, 9.17) is 0 Å². The van der Waals surface area contributed by atoms with Crippen LogP contribution in [0.3, 0.4) is 0 Å². The molecular formula is C14H25N5OS. The van der Waals surface area contributed by atoms with E-state index in [1.54, 1.807) is 0 Å². The number of rotatable bonds is 6. The van der Waals surface area contributed by atoms with Crippen LogP contribution in [0.5, 0.6) is 0 Å². The molecule has 1 amide bonds. The van der Waals surface area contributed by atoms with Crippen LogP contribution in [-0.4, -0.2) is 65.2 Å². The van der Waals surface area contributed by atoms with Gasteiger partial charge in [-0.05, 0) is 25.8 Å². The molecule has 1 aromatic rings. The average molecular weight is 311 g/mol. The van der Waals surface area contributed by atoms with Crippen LogP contribution in [0.4, 0.5) is 5.13 Å². The van der Waals surface area contributed by atoms with Gasteiger partial charge in [-0.2, -0.15) is 0 Å². The van der Waals surface area contributed by atoms with Gasteiger partial charge in [0, 0.05) is 32.7 Å². The van der Waals surface area contributed by atoms with E-state index in [-0.39, 0.29) is 5.91 Å². The molecule has 0 unspecified atom stereocenters. The fourth-order valence-electron chi connectivity index (χ4n) is 2.55. The first-order chi connectivity index (χ1) is 10.2. The van der Waals surface area contributed by atoms with Gasteiger partial charge in [0.1, 0.15) is 0 Å². The lowest BCUT2D eigenvalue weighted by Crippen LogP contribution is -2.45. The minimum absolute atomic E-state index is 0.00741. The van der Waals surface area contributed by atoms with Gasteiger partial charge in [-0.15, -0.1) is 10.2 Å². The number of hydrogen-bond donors (Lipinski definition) is 1. The van der Waals surface area contributed by atoms with Gasteiger partial charge in [0.2, 0.25) is 10.1 Å². The number of carbonyl (C=O) groups is 1. The lowest BCUT2D eigenvalue weighted by Gasteiger charge is -2.35. The molecule has 1 N–H and O–H groups in total. The van der Waals surface area contributed by atoms with E-state index in [1.165, 1.54) is 11.3 Å². The van der Waals surface area contributed by atoms with Crippen LogP contribution in [0.15, 0.2) is 0 Å². The molecule has 2 rings (SSSR count).